The number of nitrogens with zero attached hydrogens (tertiary/aromatic N) is 4. The van der Waals surface area contributed by atoms with E-state index in [9.17, 15) is 9.59 Å². The highest BCUT2D eigenvalue weighted by atomic mass is 35.5. The third-order valence-corrected chi connectivity index (χ3v) is 5.84. The van der Waals surface area contributed by atoms with Crippen molar-refractivity contribution in [2.45, 2.75) is 33.7 Å². The first-order valence-corrected chi connectivity index (χ1v) is 11.2. The van der Waals surface area contributed by atoms with Crippen LogP contribution in [0.1, 0.15) is 40.4 Å². The zero-order valence-corrected chi connectivity index (χ0v) is 20.1. The molecular formula is C25H25ClN6O2. The molecule has 9 heteroatoms. The lowest BCUT2D eigenvalue weighted by Gasteiger charge is -2.16. The van der Waals surface area contributed by atoms with Crippen LogP contribution in [0, 0.1) is 20.8 Å². The van der Waals surface area contributed by atoms with Crippen LogP contribution in [-0.4, -0.2) is 31.4 Å². The van der Waals surface area contributed by atoms with Gasteiger partial charge in [-0.1, -0.05) is 29.8 Å². The molecule has 0 saturated carbocycles. The molecule has 0 saturated heterocycles. The Morgan fingerprint density at radius 2 is 1.74 bits per heavy atom. The Kier molecular flexibility index (Phi) is 6.51. The number of carbonyl (C=O) groups is 2. The fourth-order valence-corrected chi connectivity index (χ4v) is 3.97. The van der Waals surface area contributed by atoms with Crippen molar-refractivity contribution in [3.63, 3.8) is 0 Å². The Bertz CT molecular complexity index is 1360. The Hall–Kier alpha value is -3.91. The second-order valence-corrected chi connectivity index (χ2v) is 8.48. The van der Waals surface area contributed by atoms with E-state index in [4.69, 9.17) is 11.6 Å². The first-order valence-electron chi connectivity index (χ1n) is 10.8. The van der Waals surface area contributed by atoms with Crippen LogP contribution in [0.25, 0.3) is 5.69 Å². The summed E-state index contributed by atoms with van der Waals surface area (Å²) in [5.41, 5.74) is 4.75. The number of rotatable bonds is 6. The minimum Gasteiger partial charge on any atom is -0.323 e. The van der Waals surface area contributed by atoms with Gasteiger partial charge in [0.05, 0.1) is 39.5 Å². The molecule has 0 radical (unpaired) electrons. The van der Waals surface area contributed by atoms with Crippen molar-refractivity contribution in [3.8, 4) is 5.69 Å². The molecule has 0 bridgehead atoms. The van der Waals surface area contributed by atoms with Crippen molar-refractivity contribution in [1.82, 2.24) is 19.6 Å². The maximum atomic E-state index is 12.8. The van der Waals surface area contributed by atoms with Crippen LogP contribution in [0.2, 0.25) is 5.02 Å². The van der Waals surface area contributed by atoms with Crippen LogP contribution in [0.15, 0.2) is 60.8 Å². The van der Waals surface area contributed by atoms with E-state index in [-0.39, 0.29) is 11.8 Å². The zero-order valence-electron chi connectivity index (χ0n) is 19.3. The number of carbonyl (C=O) groups excluding carboxylic acids is 2. The molecular weight excluding hydrogens is 452 g/mol. The first-order chi connectivity index (χ1) is 16.2. The van der Waals surface area contributed by atoms with Gasteiger partial charge < -0.3 is 10.6 Å². The van der Waals surface area contributed by atoms with Crippen molar-refractivity contribution in [3.05, 3.63) is 88.5 Å². The third kappa shape index (κ3) is 4.72. The fourth-order valence-electron chi connectivity index (χ4n) is 3.74. The number of benzene rings is 2. The summed E-state index contributed by atoms with van der Waals surface area (Å²) >= 11 is 6.40. The fraction of sp³-hybridized carbons (Fsp3) is 0.200. The monoisotopic (exact) mass is 476 g/mol. The summed E-state index contributed by atoms with van der Waals surface area (Å²) in [5, 5.41) is 14.7. The average Bonchev–Trinajstić information content (AvgIpc) is 3.36. The van der Waals surface area contributed by atoms with Crippen LogP contribution in [0.3, 0.4) is 0 Å². The zero-order chi connectivity index (χ0) is 24.4. The van der Waals surface area contributed by atoms with E-state index in [0.717, 1.165) is 22.8 Å². The van der Waals surface area contributed by atoms with E-state index in [1.807, 2.05) is 57.2 Å². The molecule has 4 aromatic rings. The van der Waals surface area contributed by atoms with Gasteiger partial charge in [0, 0.05) is 11.4 Å². The third-order valence-electron chi connectivity index (χ3n) is 5.53. The maximum Gasteiger partial charge on any atom is 0.259 e. The highest BCUT2D eigenvalue weighted by molar-refractivity contribution is 6.34. The van der Waals surface area contributed by atoms with Crippen LogP contribution in [0.5, 0.6) is 0 Å². The van der Waals surface area contributed by atoms with Gasteiger partial charge in [-0.2, -0.15) is 10.2 Å². The number of hydrogen-bond acceptors (Lipinski definition) is 4. The second-order valence-electron chi connectivity index (χ2n) is 8.08. The summed E-state index contributed by atoms with van der Waals surface area (Å²) in [6.45, 7) is 7.39. The lowest BCUT2D eigenvalue weighted by molar-refractivity contribution is -0.119. The van der Waals surface area contributed by atoms with E-state index in [2.05, 4.69) is 20.8 Å². The summed E-state index contributed by atoms with van der Waals surface area (Å²) in [6.07, 6.45) is 1.54. The topological polar surface area (TPSA) is 93.8 Å². The minimum atomic E-state index is -0.506. The second kappa shape index (κ2) is 9.52. The average molecular weight is 477 g/mol. The number of hydrogen-bond donors (Lipinski definition) is 2. The van der Waals surface area contributed by atoms with Crippen molar-refractivity contribution >= 4 is 34.8 Å². The molecule has 2 heterocycles. The molecule has 174 valence electrons. The molecule has 0 spiro atoms. The summed E-state index contributed by atoms with van der Waals surface area (Å²) in [4.78, 5) is 25.6. The predicted molar refractivity (Wildman–Crippen MR) is 133 cm³/mol. The molecule has 1 atom stereocenters. The highest BCUT2D eigenvalue weighted by Crippen LogP contribution is 2.27. The van der Waals surface area contributed by atoms with Crippen molar-refractivity contribution in [1.29, 1.82) is 0 Å². The van der Waals surface area contributed by atoms with Gasteiger partial charge in [-0.3, -0.25) is 14.3 Å². The number of anilines is 2. The number of para-hydroxylation sites is 1. The smallest absolute Gasteiger partial charge is 0.259 e. The highest BCUT2D eigenvalue weighted by Gasteiger charge is 2.20. The molecule has 0 aliphatic rings. The van der Waals surface area contributed by atoms with Crippen molar-refractivity contribution < 1.29 is 9.59 Å². The largest absolute Gasteiger partial charge is 0.323 e. The Morgan fingerprint density at radius 3 is 2.38 bits per heavy atom. The molecule has 2 aromatic carbocycles. The number of amides is 2. The van der Waals surface area contributed by atoms with Gasteiger partial charge in [0.25, 0.3) is 5.91 Å². The Morgan fingerprint density at radius 1 is 1.00 bits per heavy atom. The van der Waals surface area contributed by atoms with Gasteiger partial charge in [-0.15, -0.1) is 0 Å². The van der Waals surface area contributed by atoms with Gasteiger partial charge in [0.15, 0.2) is 0 Å². The number of aryl methyl sites for hydroxylation is 2. The van der Waals surface area contributed by atoms with E-state index in [1.54, 1.807) is 34.5 Å². The quantitative estimate of drug-likeness (QED) is 0.405. The molecule has 0 aliphatic heterocycles. The van der Waals surface area contributed by atoms with E-state index < -0.39 is 6.04 Å². The van der Waals surface area contributed by atoms with Crippen LogP contribution in [-0.2, 0) is 4.79 Å². The first kappa shape index (κ1) is 23.3. The maximum absolute atomic E-state index is 12.8. The van der Waals surface area contributed by atoms with Crippen LogP contribution in [0.4, 0.5) is 11.4 Å². The van der Waals surface area contributed by atoms with Gasteiger partial charge >= 0.3 is 0 Å². The molecule has 2 aromatic heterocycles. The Balaban J connectivity index is 1.45. The molecule has 0 aliphatic carbocycles. The normalized spacial score (nSPS) is 11.8. The van der Waals surface area contributed by atoms with Crippen molar-refractivity contribution in [2.75, 3.05) is 10.6 Å². The van der Waals surface area contributed by atoms with Crippen molar-refractivity contribution in [2.24, 2.45) is 0 Å². The number of nitrogens with one attached hydrogen (secondary N) is 2. The van der Waals surface area contributed by atoms with E-state index in [0.29, 0.717) is 22.0 Å². The molecule has 8 nitrogen and oxygen atoms in total. The molecule has 4 rings (SSSR count). The van der Waals surface area contributed by atoms with E-state index >= 15 is 0 Å². The molecule has 2 amide bonds. The lowest BCUT2D eigenvalue weighted by Crippen LogP contribution is -2.25. The molecule has 34 heavy (non-hydrogen) atoms. The summed E-state index contributed by atoms with van der Waals surface area (Å²) in [6, 6.07) is 15.9. The number of aromatic nitrogens is 4. The SMILES string of the molecule is Cc1cc(C)n([C@H](C)C(=O)Nc2ccc(NC(=O)c3cnn(-c4ccccc4)c3C)cc2Cl)n1. The molecule has 0 fully saturated rings. The summed E-state index contributed by atoms with van der Waals surface area (Å²) < 4.78 is 3.38. The summed E-state index contributed by atoms with van der Waals surface area (Å²) in [7, 11) is 0. The molecule has 2 N–H and O–H groups in total. The van der Waals surface area contributed by atoms with Crippen LogP contribution >= 0.6 is 11.6 Å². The van der Waals surface area contributed by atoms with E-state index in [1.165, 1.54) is 6.20 Å². The van der Waals surface area contributed by atoms with Gasteiger partial charge in [-0.05, 0) is 64.1 Å². The lowest BCUT2D eigenvalue weighted by atomic mass is 10.2. The minimum absolute atomic E-state index is 0.242. The summed E-state index contributed by atoms with van der Waals surface area (Å²) in [5.74, 6) is -0.542. The van der Waals surface area contributed by atoms with Crippen LogP contribution < -0.4 is 10.6 Å². The van der Waals surface area contributed by atoms with Gasteiger partial charge in [-0.25, -0.2) is 4.68 Å². The standard InChI is InChI=1S/C25H25ClN6O2/c1-15-12-16(2)31(30-15)18(4)24(33)29-23-11-10-19(13-22(23)26)28-25(34)21-14-27-32(17(21)3)20-8-6-5-7-9-20/h5-14,18H,1-4H3,(H,28,34)(H,29,33)/t18-/m1/s1. The Labute approximate surface area is 202 Å². The predicted octanol–water partition coefficient (Wildman–Crippen LogP) is 5.10. The number of halogens is 1. The van der Waals surface area contributed by atoms with Gasteiger partial charge in [0.2, 0.25) is 5.91 Å². The molecule has 0 unspecified atom stereocenters. The van der Waals surface area contributed by atoms with Gasteiger partial charge in [0.1, 0.15) is 6.04 Å².